The molecule has 0 aliphatic carbocycles. The Balaban J connectivity index is 1.24. The molecule has 0 amide bonds. The van der Waals surface area contributed by atoms with Gasteiger partial charge in [-0.2, -0.15) is 0 Å². The van der Waals surface area contributed by atoms with Crippen LogP contribution in [0, 0.1) is 0 Å². The molecule has 1 heteroatoms. The summed E-state index contributed by atoms with van der Waals surface area (Å²) in [7, 11) is 0. The summed E-state index contributed by atoms with van der Waals surface area (Å²) >= 11 is 0. The highest BCUT2D eigenvalue weighted by Crippen LogP contribution is 2.44. The summed E-state index contributed by atoms with van der Waals surface area (Å²) < 4.78 is 0. The van der Waals surface area contributed by atoms with Crippen LogP contribution in [-0.4, -0.2) is 5.71 Å². The van der Waals surface area contributed by atoms with E-state index in [9.17, 15) is 0 Å². The lowest BCUT2D eigenvalue weighted by molar-refractivity contribution is 1.19. The minimum atomic E-state index is 0.901. The van der Waals surface area contributed by atoms with Crippen molar-refractivity contribution in [3.05, 3.63) is 163 Å². The number of hydrogen-bond acceptors (Lipinski definition) is 1. The Labute approximate surface area is 264 Å². The van der Waals surface area contributed by atoms with E-state index in [0.717, 1.165) is 18.5 Å². The lowest BCUT2D eigenvalue weighted by Gasteiger charge is -2.19. The van der Waals surface area contributed by atoms with Gasteiger partial charge in [-0.1, -0.05) is 159 Å². The number of benzene rings is 7. The SMILES string of the molecule is CCC1=Nc2ccccc2/C(=C\c2ccc(-c3c4ccccc4c(-c4ccc(-c5ccccc5)cc4)c4ccccc34)cc2)C1. The minimum Gasteiger partial charge on any atom is -0.257 e. The molecule has 0 spiro atoms. The van der Waals surface area contributed by atoms with E-state index >= 15 is 0 Å². The van der Waals surface area contributed by atoms with Gasteiger partial charge in [-0.3, -0.25) is 4.99 Å². The van der Waals surface area contributed by atoms with Gasteiger partial charge >= 0.3 is 0 Å². The molecule has 0 fully saturated rings. The third kappa shape index (κ3) is 4.97. The number of aliphatic imine (C=N–C) groups is 1. The first-order chi connectivity index (χ1) is 22.3. The molecule has 45 heavy (non-hydrogen) atoms. The Hall–Kier alpha value is -5.53. The van der Waals surface area contributed by atoms with Crippen LogP contribution in [0.1, 0.15) is 30.9 Å². The van der Waals surface area contributed by atoms with Crippen LogP contribution in [0.15, 0.2) is 157 Å². The molecule has 0 radical (unpaired) electrons. The normalized spacial score (nSPS) is 13.6. The Kier molecular flexibility index (Phi) is 6.93. The fourth-order valence-electron chi connectivity index (χ4n) is 6.86. The maximum Gasteiger partial charge on any atom is 0.0704 e. The van der Waals surface area contributed by atoms with E-state index in [1.165, 1.54) is 77.3 Å². The van der Waals surface area contributed by atoms with Gasteiger partial charge in [-0.05, 0) is 78.5 Å². The van der Waals surface area contributed by atoms with E-state index < -0.39 is 0 Å². The van der Waals surface area contributed by atoms with Crippen LogP contribution in [0.4, 0.5) is 5.69 Å². The van der Waals surface area contributed by atoms with Gasteiger partial charge in [0.05, 0.1) is 5.69 Å². The summed E-state index contributed by atoms with van der Waals surface area (Å²) in [6, 6.07) is 55.0. The summed E-state index contributed by atoms with van der Waals surface area (Å²) in [4.78, 5) is 4.89. The third-order valence-corrected chi connectivity index (χ3v) is 9.08. The number of nitrogens with zero attached hydrogens (tertiary/aromatic N) is 1. The highest BCUT2D eigenvalue weighted by Gasteiger charge is 2.18. The van der Waals surface area contributed by atoms with Gasteiger partial charge in [0, 0.05) is 17.7 Å². The fourth-order valence-corrected chi connectivity index (χ4v) is 6.86. The molecular formula is C44H33N. The zero-order chi connectivity index (χ0) is 30.2. The molecule has 1 aliphatic rings. The van der Waals surface area contributed by atoms with Crippen molar-refractivity contribution in [1.82, 2.24) is 0 Å². The summed E-state index contributed by atoms with van der Waals surface area (Å²) in [6.45, 7) is 2.19. The van der Waals surface area contributed by atoms with Crippen molar-refractivity contribution in [3.8, 4) is 33.4 Å². The van der Waals surface area contributed by atoms with Crippen LogP contribution >= 0.6 is 0 Å². The van der Waals surface area contributed by atoms with Crippen LogP contribution in [0.3, 0.4) is 0 Å². The van der Waals surface area contributed by atoms with E-state index in [-0.39, 0.29) is 0 Å². The molecule has 1 nitrogen and oxygen atoms in total. The van der Waals surface area contributed by atoms with Gasteiger partial charge in [0.2, 0.25) is 0 Å². The van der Waals surface area contributed by atoms with Crippen LogP contribution in [0.2, 0.25) is 0 Å². The smallest absolute Gasteiger partial charge is 0.0704 e. The molecule has 0 atom stereocenters. The standard InChI is InChI=1S/C44H33N/c1-2-36-29-35(37-14-10-11-19-42(37)45-36)28-30-20-22-33(23-21-30)43-38-15-6-8-17-40(38)44(41-18-9-7-16-39(41)43)34-26-24-32(25-27-34)31-12-4-3-5-13-31/h3-28H,2,29H2,1H3/b35-28-. The van der Waals surface area contributed by atoms with Crippen molar-refractivity contribution in [3.63, 3.8) is 0 Å². The predicted octanol–water partition coefficient (Wildman–Crippen LogP) is 12.4. The van der Waals surface area contributed by atoms with Crippen molar-refractivity contribution < 1.29 is 0 Å². The number of hydrogen-bond donors (Lipinski definition) is 0. The monoisotopic (exact) mass is 575 g/mol. The molecule has 0 unspecified atom stereocenters. The van der Waals surface area contributed by atoms with Gasteiger partial charge in [0.25, 0.3) is 0 Å². The van der Waals surface area contributed by atoms with Gasteiger partial charge in [-0.15, -0.1) is 0 Å². The quantitative estimate of drug-likeness (QED) is 0.181. The second-order valence-electron chi connectivity index (χ2n) is 11.8. The van der Waals surface area contributed by atoms with Crippen LogP contribution in [-0.2, 0) is 0 Å². The molecule has 0 bridgehead atoms. The number of allylic oxidation sites excluding steroid dienone is 1. The molecule has 214 valence electrons. The van der Waals surface area contributed by atoms with Crippen molar-refractivity contribution >= 4 is 44.6 Å². The first-order valence-electron chi connectivity index (χ1n) is 15.8. The molecule has 0 saturated carbocycles. The molecule has 1 aliphatic heterocycles. The molecule has 7 aromatic rings. The first kappa shape index (κ1) is 27.0. The van der Waals surface area contributed by atoms with Gasteiger partial charge in [-0.25, -0.2) is 0 Å². The molecule has 1 heterocycles. The Morgan fingerprint density at radius 3 is 1.53 bits per heavy atom. The largest absolute Gasteiger partial charge is 0.257 e. The summed E-state index contributed by atoms with van der Waals surface area (Å²) in [5, 5.41) is 5.09. The zero-order valence-corrected chi connectivity index (χ0v) is 25.4. The van der Waals surface area contributed by atoms with Crippen LogP contribution < -0.4 is 0 Å². The topological polar surface area (TPSA) is 12.4 Å². The molecule has 7 aromatic carbocycles. The molecule has 0 aromatic heterocycles. The van der Waals surface area contributed by atoms with E-state index in [1.807, 2.05) is 0 Å². The summed E-state index contributed by atoms with van der Waals surface area (Å²) in [5.74, 6) is 0. The molecule has 0 N–H and O–H groups in total. The average molecular weight is 576 g/mol. The van der Waals surface area contributed by atoms with Gasteiger partial charge in [0.1, 0.15) is 0 Å². The number of para-hydroxylation sites is 1. The minimum absolute atomic E-state index is 0.901. The third-order valence-electron chi connectivity index (χ3n) is 9.08. The van der Waals surface area contributed by atoms with Crippen molar-refractivity contribution in [2.75, 3.05) is 0 Å². The van der Waals surface area contributed by atoms with Gasteiger partial charge in [0.15, 0.2) is 0 Å². The van der Waals surface area contributed by atoms with E-state index in [1.54, 1.807) is 0 Å². The molecular weight excluding hydrogens is 542 g/mol. The summed E-state index contributed by atoms with van der Waals surface area (Å²) in [5.41, 5.74) is 13.6. The maximum atomic E-state index is 4.89. The van der Waals surface area contributed by atoms with Crippen molar-refractivity contribution in [2.45, 2.75) is 19.8 Å². The zero-order valence-electron chi connectivity index (χ0n) is 25.4. The Bertz CT molecular complexity index is 2180. The summed E-state index contributed by atoms with van der Waals surface area (Å²) in [6.07, 6.45) is 4.21. The average Bonchev–Trinajstić information content (AvgIpc) is 3.11. The fraction of sp³-hybridized carbons (Fsp3) is 0.0682. The molecule has 8 rings (SSSR count). The Morgan fingerprint density at radius 2 is 0.956 bits per heavy atom. The highest BCUT2D eigenvalue weighted by molar-refractivity contribution is 6.21. The Morgan fingerprint density at radius 1 is 0.489 bits per heavy atom. The van der Waals surface area contributed by atoms with Crippen LogP contribution in [0.25, 0.3) is 66.6 Å². The van der Waals surface area contributed by atoms with Gasteiger partial charge < -0.3 is 0 Å². The second-order valence-corrected chi connectivity index (χ2v) is 11.8. The predicted molar refractivity (Wildman–Crippen MR) is 194 cm³/mol. The first-order valence-corrected chi connectivity index (χ1v) is 15.8. The lowest BCUT2D eigenvalue weighted by atomic mass is 9.85. The lowest BCUT2D eigenvalue weighted by Crippen LogP contribution is -2.03. The number of fused-ring (bicyclic) bond motifs is 3. The van der Waals surface area contributed by atoms with E-state index in [2.05, 4.69) is 165 Å². The maximum absolute atomic E-state index is 4.89. The number of rotatable bonds is 5. The van der Waals surface area contributed by atoms with Crippen molar-refractivity contribution in [1.29, 1.82) is 0 Å². The second kappa shape index (κ2) is 11.5. The highest BCUT2D eigenvalue weighted by atomic mass is 14.8. The van der Waals surface area contributed by atoms with E-state index in [4.69, 9.17) is 4.99 Å². The van der Waals surface area contributed by atoms with Crippen LogP contribution in [0.5, 0.6) is 0 Å². The van der Waals surface area contributed by atoms with Crippen molar-refractivity contribution in [2.24, 2.45) is 4.99 Å². The van der Waals surface area contributed by atoms with E-state index in [0.29, 0.717) is 0 Å². The molecule has 0 saturated heterocycles.